The van der Waals surface area contributed by atoms with Crippen LogP contribution in [-0.2, 0) is 17.8 Å². The van der Waals surface area contributed by atoms with Crippen LogP contribution in [0.5, 0.6) is 0 Å². The average Bonchev–Trinajstić information content (AvgIpc) is 3.10. The van der Waals surface area contributed by atoms with Crippen LogP contribution in [0, 0.1) is 0 Å². The van der Waals surface area contributed by atoms with E-state index in [0.29, 0.717) is 6.54 Å². The van der Waals surface area contributed by atoms with E-state index in [9.17, 15) is 4.79 Å². The Kier molecular flexibility index (Phi) is 3.83. The molecule has 0 bridgehead atoms. The monoisotopic (exact) mass is 298 g/mol. The van der Waals surface area contributed by atoms with E-state index in [-0.39, 0.29) is 6.42 Å². The molecule has 106 valence electrons. The number of aliphatic carboxylic acids is 1. The number of hydrogen-bond donors (Lipinski definition) is 1. The maximum Gasteiger partial charge on any atom is 0.307 e. The fourth-order valence-electron chi connectivity index (χ4n) is 2.30. The second-order valence-electron chi connectivity index (χ2n) is 4.70. The molecule has 0 aliphatic carbocycles. The summed E-state index contributed by atoms with van der Waals surface area (Å²) in [6, 6.07) is 11.7. The van der Waals surface area contributed by atoms with Crippen LogP contribution in [-0.4, -0.2) is 20.6 Å². The Morgan fingerprint density at radius 1 is 1.19 bits per heavy atom. The van der Waals surface area contributed by atoms with Crippen molar-refractivity contribution in [3.05, 3.63) is 65.3 Å². The molecule has 0 aliphatic rings. The van der Waals surface area contributed by atoms with E-state index in [1.54, 1.807) is 17.5 Å². The summed E-state index contributed by atoms with van der Waals surface area (Å²) < 4.78 is 2.05. The van der Waals surface area contributed by atoms with Gasteiger partial charge in [0.2, 0.25) is 0 Å². The van der Waals surface area contributed by atoms with E-state index in [1.807, 2.05) is 52.5 Å². The lowest BCUT2D eigenvalue weighted by Crippen LogP contribution is -2.07. The number of carboxylic acids is 1. The second-order valence-corrected chi connectivity index (χ2v) is 5.64. The summed E-state index contributed by atoms with van der Waals surface area (Å²) in [4.78, 5) is 16.5. The molecule has 5 heteroatoms. The zero-order valence-electron chi connectivity index (χ0n) is 11.3. The predicted molar refractivity (Wildman–Crippen MR) is 82.4 cm³/mol. The Bertz CT molecular complexity index is 747. The van der Waals surface area contributed by atoms with Crippen molar-refractivity contribution in [3.63, 3.8) is 0 Å². The summed E-state index contributed by atoms with van der Waals surface area (Å²) >= 11 is 1.64. The number of carboxylic acid groups (broad SMARTS) is 1. The topological polar surface area (TPSA) is 55.1 Å². The maximum atomic E-state index is 11.0. The number of hydrogen-bond acceptors (Lipinski definition) is 3. The van der Waals surface area contributed by atoms with Crippen LogP contribution < -0.4 is 0 Å². The van der Waals surface area contributed by atoms with Crippen molar-refractivity contribution in [2.75, 3.05) is 0 Å². The molecule has 0 saturated carbocycles. The first-order valence-electron chi connectivity index (χ1n) is 6.57. The summed E-state index contributed by atoms with van der Waals surface area (Å²) in [6.07, 6.45) is 3.74. The van der Waals surface area contributed by atoms with Crippen molar-refractivity contribution in [3.8, 4) is 10.7 Å². The molecule has 0 spiro atoms. The number of rotatable bonds is 5. The van der Waals surface area contributed by atoms with Gasteiger partial charge in [-0.05, 0) is 22.6 Å². The number of imidazole rings is 1. The summed E-state index contributed by atoms with van der Waals surface area (Å²) in [6.45, 7) is 0.622. The molecule has 2 aromatic heterocycles. The van der Waals surface area contributed by atoms with Gasteiger partial charge in [0.05, 0.1) is 11.3 Å². The van der Waals surface area contributed by atoms with E-state index in [1.165, 1.54) is 0 Å². The molecule has 0 atom stereocenters. The molecule has 0 unspecified atom stereocenters. The molecule has 21 heavy (non-hydrogen) atoms. The van der Waals surface area contributed by atoms with Gasteiger partial charge in [0.1, 0.15) is 5.82 Å². The lowest BCUT2D eigenvalue weighted by atomic mass is 10.0. The van der Waals surface area contributed by atoms with Crippen LogP contribution in [0.3, 0.4) is 0 Å². The summed E-state index contributed by atoms with van der Waals surface area (Å²) in [5.41, 5.74) is 1.85. The van der Waals surface area contributed by atoms with Crippen LogP contribution in [0.1, 0.15) is 11.1 Å². The number of benzene rings is 1. The molecular weight excluding hydrogens is 284 g/mol. The van der Waals surface area contributed by atoms with Gasteiger partial charge in [-0.3, -0.25) is 4.79 Å². The fraction of sp³-hybridized carbons (Fsp3) is 0.125. The second kappa shape index (κ2) is 5.93. The molecule has 4 nitrogen and oxygen atoms in total. The molecule has 0 amide bonds. The fourth-order valence-corrected chi connectivity index (χ4v) is 3.03. The molecule has 1 N–H and O–H groups in total. The first-order chi connectivity index (χ1) is 10.2. The van der Waals surface area contributed by atoms with E-state index >= 15 is 0 Å². The van der Waals surface area contributed by atoms with Crippen LogP contribution >= 0.6 is 11.3 Å². The normalized spacial score (nSPS) is 10.7. The number of carbonyl (C=O) groups is 1. The molecule has 3 rings (SSSR count). The van der Waals surface area contributed by atoms with E-state index in [0.717, 1.165) is 21.8 Å². The highest BCUT2D eigenvalue weighted by Gasteiger charge is 2.10. The van der Waals surface area contributed by atoms with E-state index < -0.39 is 5.97 Å². The summed E-state index contributed by atoms with van der Waals surface area (Å²) in [5.74, 6) is 0.0988. The highest BCUT2D eigenvalue weighted by atomic mass is 32.1. The lowest BCUT2D eigenvalue weighted by molar-refractivity contribution is -0.136. The van der Waals surface area contributed by atoms with Crippen LogP contribution in [0.2, 0.25) is 0 Å². The molecule has 3 aromatic rings. The Balaban J connectivity index is 1.92. The SMILES string of the molecule is O=C(O)Cc1ccccc1Cn1ccnc1-c1cccs1. The van der Waals surface area contributed by atoms with Gasteiger partial charge in [-0.1, -0.05) is 30.3 Å². The van der Waals surface area contributed by atoms with Gasteiger partial charge in [0.15, 0.2) is 0 Å². The minimum Gasteiger partial charge on any atom is -0.481 e. The number of thiophene rings is 1. The van der Waals surface area contributed by atoms with Gasteiger partial charge in [0, 0.05) is 18.9 Å². The number of aromatic nitrogens is 2. The quantitative estimate of drug-likeness (QED) is 0.786. The zero-order chi connectivity index (χ0) is 14.7. The van der Waals surface area contributed by atoms with Crippen molar-refractivity contribution >= 4 is 17.3 Å². The Hall–Kier alpha value is -2.40. The third-order valence-corrected chi connectivity index (χ3v) is 4.12. The van der Waals surface area contributed by atoms with Crippen molar-refractivity contribution in [2.45, 2.75) is 13.0 Å². The molecule has 2 heterocycles. The van der Waals surface area contributed by atoms with Crippen molar-refractivity contribution < 1.29 is 9.90 Å². The highest BCUT2D eigenvalue weighted by Crippen LogP contribution is 2.24. The molecule has 0 saturated heterocycles. The van der Waals surface area contributed by atoms with E-state index in [2.05, 4.69) is 4.98 Å². The largest absolute Gasteiger partial charge is 0.481 e. The first kappa shape index (κ1) is 13.6. The van der Waals surface area contributed by atoms with E-state index in [4.69, 9.17) is 5.11 Å². The van der Waals surface area contributed by atoms with Crippen LogP contribution in [0.15, 0.2) is 54.2 Å². The zero-order valence-corrected chi connectivity index (χ0v) is 12.1. The molecule has 1 aromatic carbocycles. The third-order valence-electron chi connectivity index (χ3n) is 3.26. The van der Waals surface area contributed by atoms with Gasteiger partial charge < -0.3 is 9.67 Å². The van der Waals surface area contributed by atoms with Gasteiger partial charge in [-0.2, -0.15) is 0 Å². The lowest BCUT2D eigenvalue weighted by Gasteiger charge is -2.10. The average molecular weight is 298 g/mol. The molecular formula is C16H14N2O2S. The summed E-state index contributed by atoms with van der Waals surface area (Å²) in [7, 11) is 0. The van der Waals surface area contributed by atoms with Gasteiger partial charge in [-0.25, -0.2) is 4.98 Å². The Labute approximate surface area is 126 Å². The van der Waals surface area contributed by atoms with Gasteiger partial charge in [0.25, 0.3) is 0 Å². The van der Waals surface area contributed by atoms with Crippen LogP contribution in [0.25, 0.3) is 10.7 Å². The smallest absolute Gasteiger partial charge is 0.307 e. The van der Waals surface area contributed by atoms with Crippen molar-refractivity contribution in [1.29, 1.82) is 0 Å². The Morgan fingerprint density at radius 3 is 2.71 bits per heavy atom. The molecule has 0 radical (unpaired) electrons. The van der Waals surface area contributed by atoms with Crippen LogP contribution in [0.4, 0.5) is 0 Å². The predicted octanol–water partition coefficient (Wildman–Crippen LogP) is 3.29. The van der Waals surface area contributed by atoms with Crippen molar-refractivity contribution in [1.82, 2.24) is 9.55 Å². The third kappa shape index (κ3) is 3.03. The van der Waals surface area contributed by atoms with Gasteiger partial charge in [-0.15, -0.1) is 11.3 Å². The highest BCUT2D eigenvalue weighted by molar-refractivity contribution is 7.13. The maximum absolute atomic E-state index is 11.0. The summed E-state index contributed by atoms with van der Waals surface area (Å²) in [5, 5.41) is 11.0. The Morgan fingerprint density at radius 2 is 2.00 bits per heavy atom. The molecule has 0 fully saturated rings. The first-order valence-corrected chi connectivity index (χ1v) is 7.45. The molecule has 0 aliphatic heterocycles. The standard InChI is InChI=1S/C16H14N2O2S/c19-15(20)10-12-4-1-2-5-13(12)11-18-8-7-17-16(18)14-6-3-9-21-14/h1-9H,10-11H2,(H,19,20). The van der Waals surface area contributed by atoms with Crippen molar-refractivity contribution in [2.24, 2.45) is 0 Å². The minimum absolute atomic E-state index is 0.0409. The number of nitrogens with zero attached hydrogens (tertiary/aromatic N) is 2. The minimum atomic E-state index is -0.813. The van der Waals surface area contributed by atoms with Gasteiger partial charge >= 0.3 is 5.97 Å².